The predicted octanol–water partition coefficient (Wildman–Crippen LogP) is 2.49. The van der Waals surface area contributed by atoms with Crippen LogP contribution in [0, 0.1) is 0 Å². The van der Waals surface area contributed by atoms with Crippen LogP contribution in [0.4, 0.5) is 0 Å². The second-order valence-corrected chi connectivity index (χ2v) is 4.11. The lowest BCUT2D eigenvalue weighted by Gasteiger charge is -2.11. The van der Waals surface area contributed by atoms with Crippen molar-refractivity contribution in [3.63, 3.8) is 0 Å². The molecule has 1 atom stereocenters. The van der Waals surface area contributed by atoms with Crippen LogP contribution >= 0.6 is 0 Å². The maximum absolute atomic E-state index is 11.1. The van der Waals surface area contributed by atoms with Gasteiger partial charge in [-0.2, -0.15) is 0 Å². The fourth-order valence-corrected chi connectivity index (χ4v) is 1.29. The van der Waals surface area contributed by atoms with Gasteiger partial charge in [0.15, 0.2) is 0 Å². The number of nitrogens with two attached hydrogens (primary N) is 1. The molecule has 0 radical (unpaired) electrons. The summed E-state index contributed by atoms with van der Waals surface area (Å²) in [6.45, 7) is 11.1. The number of carbonyl (C=O) groups excluding carboxylic acids is 1. The Morgan fingerprint density at radius 2 is 1.88 bits per heavy atom. The molecule has 0 aromatic rings. The SMILES string of the molecule is CC.CCC(=O)CC(N)CCCNC(C)C. The molecule has 0 aromatic heterocycles. The summed E-state index contributed by atoms with van der Waals surface area (Å²) >= 11 is 0. The van der Waals surface area contributed by atoms with Crippen LogP contribution in [0.2, 0.25) is 0 Å². The smallest absolute Gasteiger partial charge is 0.134 e. The van der Waals surface area contributed by atoms with Gasteiger partial charge in [0.05, 0.1) is 0 Å². The van der Waals surface area contributed by atoms with Gasteiger partial charge in [-0.3, -0.25) is 4.79 Å². The van der Waals surface area contributed by atoms with Gasteiger partial charge in [-0.1, -0.05) is 34.6 Å². The van der Waals surface area contributed by atoms with Crippen LogP contribution in [0.15, 0.2) is 0 Å². The average Bonchev–Trinajstić information content (AvgIpc) is 2.26. The number of carbonyl (C=O) groups is 1. The van der Waals surface area contributed by atoms with E-state index in [1.165, 1.54) is 0 Å². The van der Waals surface area contributed by atoms with Gasteiger partial charge in [0.1, 0.15) is 5.78 Å². The number of hydrogen-bond donors (Lipinski definition) is 2. The van der Waals surface area contributed by atoms with Crippen molar-refractivity contribution in [1.82, 2.24) is 5.32 Å². The quantitative estimate of drug-likeness (QED) is 0.630. The monoisotopic (exact) mass is 230 g/mol. The third-order valence-corrected chi connectivity index (χ3v) is 2.19. The Morgan fingerprint density at radius 3 is 2.31 bits per heavy atom. The summed E-state index contributed by atoms with van der Waals surface area (Å²) in [4.78, 5) is 11.1. The zero-order valence-corrected chi connectivity index (χ0v) is 11.7. The van der Waals surface area contributed by atoms with Crippen molar-refractivity contribution in [2.45, 2.75) is 72.4 Å². The lowest BCUT2D eigenvalue weighted by molar-refractivity contribution is -0.119. The zero-order valence-electron chi connectivity index (χ0n) is 11.7. The van der Waals surface area contributed by atoms with E-state index in [0.717, 1.165) is 19.4 Å². The molecule has 1 unspecified atom stereocenters. The molecule has 0 amide bonds. The Kier molecular flexibility index (Phi) is 14.2. The van der Waals surface area contributed by atoms with Crippen LogP contribution < -0.4 is 11.1 Å². The molecule has 0 rings (SSSR count). The van der Waals surface area contributed by atoms with E-state index in [4.69, 9.17) is 5.73 Å². The molecule has 0 aromatic carbocycles. The summed E-state index contributed by atoms with van der Waals surface area (Å²) in [5, 5.41) is 3.33. The fourth-order valence-electron chi connectivity index (χ4n) is 1.29. The lowest BCUT2D eigenvalue weighted by Crippen LogP contribution is -2.27. The largest absolute Gasteiger partial charge is 0.327 e. The lowest BCUT2D eigenvalue weighted by atomic mass is 10.0. The summed E-state index contributed by atoms with van der Waals surface area (Å²) < 4.78 is 0. The molecule has 0 bridgehead atoms. The van der Waals surface area contributed by atoms with Crippen LogP contribution in [0.5, 0.6) is 0 Å². The molecule has 3 nitrogen and oxygen atoms in total. The summed E-state index contributed by atoms with van der Waals surface area (Å²) in [6.07, 6.45) is 3.14. The summed E-state index contributed by atoms with van der Waals surface area (Å²) in [5.41, 5.74) is 5.82. The van der Waals surface area contributed by atoms with Crippen molar-refractivity contribution in [1.29, 1.82) is 0 Å². The molecule has 0 aliphatic carbocycles. The van der Waals surface area contributed by atoms with Gasteiger partial charge in [-0.15, -0.1) is 0 Å². The zero-order chi connectivity index (χ0) is 13.0. The Bertz CT molecular complexity index is 158. The number of hydrogen-bond acceptors (Lipinski definition) is 3. The van der Waals surface area contributed by atoms with Gasteiger partial charge < -0.3 is 11.1 Å². The summed E-state index contributed by atoms with van der Waals surface area (Å²) in [5.74, 6) is 0.273. The Hall–Kier alpha value is -0.410. The van der Waals surface area contributed by atoms with Gasteiger partial charge in [0.25, 0.3) is 0 Å². The van der Waals surface area contributed by atoms with Crippen LogP contribution in [0.1, 0.15) is 60.3 Å². The van der Waals surface area contributed by atoms with E-state index in [2.05, 4.69) is 19.2 Å². The molecule has 98 valence electrons. The molecule has 0 spiro atoms. The van der Waals surface area contributed by atoms with E-state index in [-0.39, 0.29) is 11.8 Å². The Balaban J connectivity index is 0. The molecule has 0 fully saturated rings. The van der Waals surface area contributed by atoms with Crippen molar-refractivity contribution in [3.05, 3.63) is 0 Å². The Labute approximate surface area is 101 Å². The molecule has 0 aliphatic heterocycles. The van der Waals surface area contributed by atoms with Gasteiger partial charge in [0, 0.05) is 24.9 Å². The molecule has 0 aliphatic rings. The minimum Gasteiger partial charge on any atom is -0.327 e. The highest BCUT2D eigenvalue weighted by Crippen LogP contribution is 2.01. The van der Waals surface area contributed by atoms with Crippen LogP contribution in [-0.4, -0.2) is 24.4 Å². The van der Waals surface area contributed by atoms with Crippen LogP contribution in [0.3, 0.4) is 0 Å². The molecule has 0 saturated heterocycles. The standard InChI is InChI=1S/C11H24N2O.C2H6/c1-4-11(14)8-10(12)6-5-7-13-9(2)3;1-2/h9-10,13H,4-8,12H2,1-3H3;1-2H3. The topological polar surface area (TPSA) is 55.1 Å². The minimum absolute atomic E-state index is 0.0522. The molecule has 3 heteroatoms. The number of rotatable bonds is 8. The third kappa shape index (κ3) is 13.6. The molecule has 0 saturated carbocycles. The van der Waals surface area contributed by atoms with Crippen molar-refractivity contribution in [3.8, 4) is 0 Å². The van der Waals surface area contributed by atoms with Crippen molar-refractivity contribution in [2.75, 3.05) is 6.54 Å². The summed E-state index contributed by atoms with van der Waals surface area (Å²) in [7, 11) is 0. The van der Waals surface area contributed by atoms with E-state index in [9.17, 15) is 4.79 Å². The van der Waals surface area contributed by atoms with Gasteiger partial charge >= 0.3 is 0 Å². The highest BCUT2D eigenvalue weighted by atomic mass is 16.1. The first-order valence-corrected chi connectivity index (χ1v) is 6.57. The van der Waals surface area contributed by atoms with E-state index < -0.39 is 0 Å². The minimum atomic E-state index is 0.0522. The van der Waals surface area contributed by atoms with E-state index in [0.29, 0.717) is 18.9 Å². The normalized spacial score (nSPS) is 11.9. The first kappa shape index (κ1) is 18.0. The Morgan fingerprint density at radius 1 is 1.31 bits per heavy atom. The maximum atomic E-state index is 11.1. The highest BCUT2D eigenvalue weighted by molar-refractivity contribution is 5.78. The van der Waals surface area contributed by atoms with Crippen molar-refractivity contribution in [2.24, 2.45) is 5.73 Å². The third-order valence-electron chi connectivity index (χ3n) is 2.19. The molecule has 16 heavy (non-hydrogen) atoms. The second kappa shape index (κ2) is 12.7. The molecular weight excluding hydrogens is 200 g/mol. The second-order valence-electron chi connectivity index (χ2n) is 4.11. The highest BCUT2D eigenvalue weighted by Gasteiger charge is 2.07. The van der Waals surface area contributed by atoms with E-state index in [1.54, 1.807) is 0 Å². The molecule has 0 heterocycles. The number of Topliss-reactive ketones (excluding diaryl/α,β-unsaturated/α-hetero) is 1. The number of ketones is 1. The predicted molar refractivity (Wildman–Crippen MR) is 71.6 cm³/mol. The first-order valence-electron chi connectivity index (χ1n) is 6.57. The van der Waals surface area contributed by atoms with Crippen molar-refractivity contribution >= 4 is 5.78 Å². The average molecular weight is 230 g/mol. The summed E-state index contributed by atoms with van der Waals surface area (Å²) in [6, 6.07) is 0.583. The number of nitrogens with one attached hydrogen (secondary N) is 1. The van der Waals surface area contributed by atoms with Gasteiger partial charge in [0.2, 0.25) is 0 Å². The van der Waals surface area contributed by atoms with Crippen LogP contribution in [0.25, 0.3) is 0 Å². The van der Waals surface area contributed by atoms with Gasteiger partial charge in [-0.25, -0.2) is 0 Å². The van der Waals surface area contributed by atoms with E-state index >= 15 is 0 Å². The first-order chi connectivity index (χ1) is 7.56. The molecular formula is C13H30N2O. The van der Waals surface area contributed by atoms with E-state index in [1.807, 2.05) is 20.8 Å². The van der Waals surface area contributed by atoms with Gasteiger partial charge in [-0.05, 0) is 19.4 Å². The fraction of sp³-hybridized carbons (Fsp3) is 0.923. The maximum Gasteiger partial charge on any atom is 0.134 e. The van der Waals surface area contributed by atoms with Crippen molar-refractivity contribution < 1.29 is 4.79 Å². The van der Waals surface area contributed by atoms with Crippen LogP contribution in [-0.2, 0) is 4.79 Å². The molecule has 3 N–H and O–H groups in total.